The smallest absolute Gasteiger partial charge is 0.231 e. The van der Waals surface area contributed by atoms with E-state index in [0.717, 1.165) is 38.9 Å². The first-order chi connectivity index (χ1) is 12.7. The van der Waals surface area contributed by atoms with Crippen molar-refractivity contribution < 1.29 is 4.79 Å². The number of nitrogens with one attached hydrogen (secondary N) is 1. The van der Waals surface area contributed by atoms with Gasteiger partial charge in [0, 0.05) is 37.2 Å². The summed E-state index contributed by atoms with van der Waals surface area (Å²) in [5, 5.41) is 3.30. The van der Waals surface area contributed by atoms with Crippen LogP contribution in [-0.4, -0.2) is 30.4 Å². The number of rotatable bonds is 5. The highest BCUT2D eigenvalue weighted by atomic mass is 16.2. The van der Waals surface area contributed by atoms with Crippen LogP contribution in [0.15, 0.2) is 11.8 Å². The lowest BCUT2D eigenvalue weighted by Crippen LogP contribution is -2.46. The second kappa shape index (κ2) is 9.09. The Morgan fingerprint density at radius 1 is 1.19 bits per heavy atom. The topological polar surface area (TPSA) is 32.3 Å². The van der Waals surface area contributed by atoms with Crippen molar-refractivity contribution in [2.24, 2.45) is 29.6 Å². The zero-order chi connectivity index (χ0) is 18.5. The Bertz CT molecular complexity index is 581. The Balaban J connectivity index is 1.85. The van der Waals surface area contributed by atoms with Gasteiger partial charge in [-0.1, -0.05) is 58.0 Å². The van der Waals surface area contributed by atoms with Crippen LogP contribution in [-0.2, 0) is 4.79 Å². The normalized spacial score (nSPS) is 32.0. The molecule has 2 heterocycles. The predicted octanol–water partition coefficient (Wildman–Crippen LogP) is 4.20. The molecule has 1 saturated heterocycles. The van der Waals surface area contributed by atoms with Gasteiger partial charge in [-0.2, -0.15) is 0 Å². The molecular weight excluding hydrogens is 320 g/mol. The molecule has 1 aliphatic carbocycles. The minimum absolute atomic E-state index is 0.0740. The Labute approximate surface area is 160 Å². The van der Waals surface area contributed by atoms with Crippen LogP contribution >= 0.6 is 0 Å². The molecule has 1 N–H and O–H groups in total. The molecule has 1 amide bonds. The van der Waals surface area contributed by atoms with Crippen molar-refractivity contribution >= 4 is 5.91 Å². The minimum Gasteiger partial charge on any atom is -0.316 e. The lowest BCUT2D eigenvalue weighted by atomic mass is 9.73. The van der Waals surface area contributed by atoms with Crippen molar-refractivity contribution in [3.63, 3.8) is 0 Å². The third-order valence-electron chi connectivity index (χ3n) is 6.55. The first-order valence-electron chi connectivity index (χ1n) is 10.9. The van der Waals surface area contributed by atoms with Gasteiger partial charge in [0.2, 0.25) is 5.91 Å². The highest BCUT2D eigenvalue weighted by Gasteiger charge is 2.43. The highest BCUT2D eigenvalue weighted by Crippen LogP contribution is 2.42. The zero-order valence-electron chi connectivity index (χ0n) is 16.9. The van der Waals surface area contributed by atoms with Crippen LogP contribution in [0.4, 0.5) is 0 Å². The monoisotopic (exact) mass is 356 g/mol. The SMILES string of the molecule is CCCCCN1C(=O)[C@H]2C(C=C1CC)CCCC(C)C2C#CC1CNC1. The fourth-order valence-electron chi connectivity index (χ4n) is 4.76. The molecule has 2 aliphatic heterocycles. The minimum atomic E-state index is 0.0740. The molecule has 3 nitrogen and oxygen atoms in total. The van der Waals surface area contributed by atoms with Crippen molar-refractivity contribution in [2.45, 2.75) is 65.7 Å². The van der Waals surface area contributed by atoms with Gasteiger partial charge in [-0.05, 0) is 37.5 Å². The van der Waals surface area contributed by atoms with Gasteiger partial charge in [-0.25, -0.2) is 0 Å². The average molecular weight is 357 g/mol. The van der Waals surface area contributed by atoms with E-state index in [4.69, 9.17) is 0 Å². The van der Waals surface area contributed by atoms with Gasteiger partial charge in [-0.15, -0.1) is 0 Å². The summed E-state index contributed by atoms with van der Waals surface area (Å²) in [4.78, 5) is 15.7. The van der Waals surface area contributed by atoms with Gasteiger partial charge in [0.05, 0.1) is 5.92 Å². The van der Waals surface area contributed by atoms with E-state index in [1.165, 1.54) is 31.4 Å². The van der Waals surface area contributed by atoms with Gasteiger partial charge in [0.15, 0.2) is 0 Å². The van der Waals surface area contributed by atoms with Gasteiger partial charge in [0.1, 0.15) is 0 Å². The third kappa shape index (κ3) is 4.17. The maximum absolute atomic E-state index is 13.6. The molecule has 0 spiro atoms. The summed E-state index contributed by atoms with van der Waals surface area (Å²) >= 11 is 0. The number of amides is 1. The molecule has 3 aliphatic rings. The summed E-state index contributed by atoms with van der Waals surface area (Å²) in [6, 6.07) is 0. The highest BCUT2D eigenvalue weighted by molar-refractivity contribution is 5.83. The summed E-state index contributed by atoms with van der Waals surface area (Å²) in [7, 11) is 0. The van der Waals surface area contributed by atoms with Gasteiger partial charge in [-0.3, -0.25) is 4.79 Å². The maximum atomic E-state index is 13.6. The van der Waals surface area contributed by atoms with E-state index in [-0.39, 0.29) is 11.8 Å². The van der Waals surface area contributed by atoms with Crippen LogP contribution in [0.5, 0.6) is 0 Å². The summed E-state index contributed by atoms with van der Waals surface area (Å²) in [6.07, 6.45) is 10.5. The van der Waals surface area contributed by atoms with E-state index in [2.05, 4.69) is 48.9 Å². The van der Waals surface area contributed by atoms with Crippen molar-refractivity contribution in [1.29, 1.82) is 0 Å². The van der Waals surface area contributed by atoms with Gasteiger partial charge >= 0.3 is 0 Å². The first-order valence-corrected chi connectivity index (χ1v) is 10.9. The fraction of sp³-hybridized carbons (Fsp3) is 0.783. The summed E-state index contributed by atoms with van der Waals surface area (Å²) in [5.41, 5.74) is 1.26. The fourth-order valence-corrected chi connectivity index (χ4v) is 4.76. The van der Waals surface area contributed by atoms with Crippen LogP contribution < -0.4 is 5.32 Å². The van der Waals surface area contributed by atoms with Crippen molar-refractivity contribution in [3.05, 3.63) is 11.8 Å². The van der Waals surface area contributed by atoms with Crippen LogP contribution in [0.2, 0.25) is 0 Å². The quantitative estimate of drug-likeness (QED) is 0.591. The van der Waals surface area contributed by atoms with Crippen LogP contribution in [0.25, 0.3) is 0 Å². The second-order valence-corrected chi connectivity index (χ2v) is 8.48. The number of fused-ring (bicyclic) bond motifs is 1. The van der Waals surface area contributed by atoms with Gasteiger partial charge < -0.3 is 10.2 Å². The molecule has 26 heavy (non-hydrogen) atoms. The molecule has 0 aromatic heterocycles. The van der Waals surface area contributed by atoms with Crippen LogP contribution in [0, 0.1) is 41.4 Å². The summed E-state index contributed by atoms with van der Waals surface area (Å²) in [6.45, 7) is 9.63. The lowest BCUT2D eigenvalue weighted by molar-refractivity contribution is -0.138. The van der Waals surface area contributed by atoms with E-state index >= 15 is 0 Å². The first kappa shape index (κ1) is 19.5. The maximum Gasteiger partial charge on any atom is 0.231 e. The molecule has 0 aromatic carbocycles. The Morgan fingerprint density at radius 2 is 2.00 bits per heavy atom. The number of unbranched alkanes of at least 4 members (excludes halogenated alkanes) is 2. The van der Waals surface area contributed by atoms with E-state index in [0.29, 0.717) is 23.7 Å². The third-order valence-corrected chi connectivity index (χ3v) is 6.55. The molecule has 3 unspecified atom stereocenters. The zero-order valence-corrected chi connectivity index (χ0v) is 16.9. The molecule has 3 heteroatoms. The second-order valence-electron chi connectivity index (χ2n) is 8.48. The van der Waals surface area contributed by atoms with Crippen LogP contribution in [0.1, 0.15) is 65.7 Å². The molecule has 2 fully saturated rings. The molecule has 4 atom stereocenters. The molecule has 144 valence electrons. The number of hydrogen-bond acceptors (Lipinski definition) is 2. The van der Waals surface area contributed by atoms with E-state index in [1.807, 2.05) is 0 Å². The van der Waals surface area contributed by atoms with Crippen molar-refractivity contribution in [3.8, 4) is 11.8 Å². The molecule has 1 saturated carbocycles. The lowest BCUT2D eigenvalue weighted by Gasteiger charge is -2.39. The van der Waals surface area contributed by atoms with E-state index in [9.17, 15) is 4.79 Å². The standard InChI is InChI=1S/C23H36N2O/c1-4-6-7-13-25-20(5-2)14-19-10-8-9-17(3)21(22(19)23(25)26)12-11-18-15-24-16-18/h14,17-19,21-22,24H,4-10,13,15-16H2,1-3H3/t17?,19?,21?,22-/m0/s1. The predicted molar refractivity (Wildman–Crippen MR) is 107 cm³/mol. The van der Waals surface area contributed by atoms with Crippen molar-refractivity contribution in [2.75, 3.05) is 19.6 Å². The van der Waals surface area contributed by atoms with Crippen LogP contribution in [0.3, 0.4) is 0 Å². The Hall–Kier alpha value is -1.27. The number of allylic oxidation sites excluding steroid dienone is 2. The molecule has 0 radical (unpaired) electrons. The number of hydrogen-bond donors (Lipinski definition) is 1. The molecule has 3 rings (SSSR count). The van der Waals surface area contributed by atoms with E-state index in [1.54, 1.807) is 0 Å². The average Bonchev–Trinajstić information content (AvgIpc) is 2.74. The van der Waals surface area contributed by atoms with E-state index < -0.39 is 0 Å². The molecule has 0 bridgehead atoms. The Morgan fingerprint density at radius 3 is 2.65 bits per heavy atom. The van der Waals surface area contributed by atoms with Gasteiger partial charge in [0.25, 0.3) is 0 Å². The number of carbonyl (C=O) groups excluding carboxylic acids is 1. The largest absolute Gasteiger partial charge is 0.316 e. The Kier molecular flexibility index (Phi) is 6.81. The number of carbonyl (C=O) groups is 1. The molecule has 0 aromatic rings. The summed E-state index contributed by atoms with van der Waals surface area (Å²) in [5.74, 6) is 9.15. The van der Waals surface area contributed by atoms with Crippen molar-refractivity contribution in [1.82, 2.24) is 10.2 Å². The number of nitrogens with zero attached hydrogens (tertiary/aromatic N) is 1. The molecular formula is C23H36N2O. The summed E-state index contributed by atoms with van der Waals surface area (Å²) < 4.78 is 0.